The van der Waals surface area contributed by atoms with E-state index >= 15 is 0 Å². The van der Waals surface area contributed by atoms with Crippen molar-refractivity contribution in [1.29, 1.82) is 0 Å². The lowest BCUT2D eigenvalue weighted by molar-refractivity contribution is 0.686. The molecule has 0 bridgehead atoms. The lowest BCUT2D eigenvalue weighted by Crippen LogP contribution is -2.17. The van der Waals surface area contributed by atoms with Gasteiger partial charge in [-0.15, -0.1) is 0 Å². The van der Waals surface area contributed by atoms with Crippen LogP contribution < -0.4 is 10.6 Å². The zero-order valence-corrected chi connectivity index (χ0v) is 12.9. The maximum absolute atomic E-state index is 5.89. The van der Waals surface area contributed by atoms with Crippen molar-refractivity contribution in [1.82, 2.24) is 5.32 Å². The summed E-state index contributed by atoms with van der Waals surface area (Å²) in [5.74, 6) is 0. The van der Waals surface area contributed by atoms with E-state index in [-0.39, 0.29) is 0 Å². The molecule has 0 amide bonds. The molecule has 0 radical (unpaired) electrons. The number of hydrogen-bond donors (Lipinski definition) is 2. The van der Waals surface area contributed by atoms with Gasteiger partial charge in [0.25, 0.3) is 0 Å². The van der Waals surface area contributed by atoms with Crippen molar-refractivity contribution in [2.24, 2.45) is 0 Å². The largest absolute Gasteiger partial charge is 0.385 e. The SMILES string of the molecule is Clc1ccc(CNCCc2ccc3c(c2)CCCN3)cc1. The molecule has 3 rings (SSSR count). The van der Waals surface area contributed by atoms with Crippen LogP contribution in [0.2, 0.25) is 5.02 Å². The molecular formula is C18H21ClN2. The van der Waals surface area contributed by atoms with Crippen molar-refractivity contribution in [3.8, 4) is 0 Å². The van der Waals surface area contributed by atoms with Gasteiger partial charge in [0.1, 0.15) is 0 Å². The maximum atomic E-state index is 5.89. The smallest absolute Gasteiger partial charge is 0.0406 e. The first-order chi connectivity index (χ1) is 10.3. The molecule has 0 saturated heterocycles. The Hall–Kier alpha value is -1.51. The average Bonchev–Trinajstić information content (AvgIpc) is 2.53. The van der Waals surface area contributed by atoms with Crippen molar-refractivity contribution in [2.75, 3.05) is 18.4 Å². The van der Waals surface area contributed by atoms with Gasteiger partial charge in [0.2, 0.25) is 0 Å². The highest BCUT2D eigenvalue weighted by Gasteiger charge is 2.08. The van der Waals surface area contributed by atoms with Crippen molar-refractivity contribution >= 4 is 17.3 Å². The fourth-order valence-corrected chi connectivity index (χ4v) is 2.88. The summed E-state index contributed by atoms with van der Waals surface area (Å²) in [4.78, 5) is 0. The van der Waals surface area contributed by atoms with Crippen LogP contribution in [0.4, 0.5) is 5.69 Å². The van der Waals surface area contributed by atoms with Crippen molar-refractivity contribution in [2.45, 2.75) is 25.8 Å². The molecule has 1 aliphatic rings. The van der Waals surface area contributed by atoms with E-state index in [9.17, 15) is 0 Å². The molecule has 0 fully saturated rings. The number of rotatable bonds is 5. The van der Waals surface area contributed by atoms with Gasteiger partial charge in [-0.3, -0.25) is 0 Å². The first kappa shape index (κ1) is 14.4. The number of aryl methyl sites for hydroxylation is 1. The molecule has 2 N–H and O–H groups in total. The molecule has 0 spiro atoms. The molecule has 110 valence electrons. The van der Waals surface area contributed by atoms with Crippen LogP contribution in [0.25, 0.3) is 0 Å². The van der Waals surface area contributed by atoms with Crippen LogP contribution >= 0.6 is 11.6 Å². The number of benzene rings is 2. The van der Waals surface area contributed by atoms with Crippen LogP contribution in [0.1, 0.15) is 23.1 Å². The van der Waals surface area contributed by atoms with Crippen LogP contribution in [0.5, 0.6) is 0 Å². The van der Waals surface area contributed by atoms with Crippen LogP contribution in [-0.4, -0.2) is 13.1 Å². The Morgan fingerprint density at radius 2 is 1.86 bits per heavy atom. The van der Waals surface area contributed by atoms with Gasteiger partial charge in [-0.2, -0.15) is 0 Å². The second-order valence-electron chi connectivity index (χ2n) is 5.58. The molecule has 0 saturated carbocycles. The Labute approximate surface area is 131 Å². The molecule has 0 aliphatic carbocycles. The highest BCUT2D eigenvalue weighted by Crippen LogP contribution is 2.22. The van der Waals surface area contributed by atoms with Gasteiger partial charge in [0.15, 0.2) is 0 Å². The predicted molar refractivity (Wildman–Crippen MR) is 90.1 cm³/mol. The topological polar surface area (TPSA) is 24.1 Å². The fourth-order valence-electron chi connectivity index (χ4n) is 2.75. The number of nitrogens with one attached hydrogen (secondary N) is 2. The highest BCUT2D eigenvalue weighted by molar-refractivity contribution is 6.30. The van der Waals surface area contributed by atoms with E-state index in [4.69, 9.17) is 11.6 Å². The minimum absolute atomic E-state index is 0.793. The fraction of sp³-hybridized carbons (Fsp3) is 0.333. The lowest BCUT2D eigenvalue weighted by atomic mass is 9.99. The zero-order chi connectivity index (χ0) is 14.5. The molecule has 21 heavy (non-hydrogen) atoms. The summed E-state index contributed by atoms with van der Waals surface area (Å²) < 4.78 is 0. The zero-order valence-electron chi connectivity index (χ0n) is 12.2. The quantitative estimate of drug-likeness (QED) is 0.815. The molecule has 2 aromatic rings. The van der Waals surface area contributed by atoms with Crippen LogP contribution in [0.3, 0.4) is 0 Å². The lowest BCUT2D eigenvalue weighted by Gasteiger charge is -2.18. The number of hydrogen-bond acceptors (Lipinski definition) is 2. The van der Waals surface area contributed by atoms with Crippen molar-refractivity contribution < 1.29 is 0 Å². The van der Waals surface area contributed by atoms with Gasteiger partial charge in [-0.25, -0.2) is 0 Å². The third-order valence-electron chi connectivity index (χ3n) is 3.94. The molecule has 0 atom stereocenters. The van der Waals surface area contributed by atoms with Crippen LogP contribution in [-0.2, 0) is 19.4 Å². The van der Waals surface area contributed by atoms with E-state index in [1.165, 1.54) is 35.2 Å². The average molecular weight is 301 g/mol. The minimum atomic E-state index is 0.793. The summed E-state index contributed by atoms with van der Waals surface area (Å²) >= 11 is 5.89. The van der Waals surface area contributed by atoms with E-state index in [2.05, 4.69) is 41.0 Å². The van der Waals surface area contributed by atoms with E-state index in [0.717, 1.165) is 31.1 Å². The minimum Gasteiger partial charge on any atom is -0.385 e. The summed E-state index contributed by atoms with van der Waals surface area (Å²) in [6, 6.07) is 14.8. The Morgan fingerprint density at radius 3 is 2.71 bits per heavy atom. The highest BCUT2D eigenvalue weighted by atomic mass is 35.5. The number of halogens is 1. The van der Waals surface area contributed by atoms with Crippen LogP contribution in [0.15, 0.2) is 42.5 Å². The molecule has 1 heterocycles. The van der Waals surface area contributed by atoms with Gasteiger partial charge in [-0.05, 0) is 60.7 Å². The summed E-state index contributed by atoms with van der Waals surface area (Å²) in [6.45, 7) is 2.99. The molecular weight excluding hydrogens is 280 g/mol. The standard InChI is InChI=1S/C18H21ClN2/c19-17-6-3-15(4-7-17)13-20-11-9-14-5-8-18-16(12-14)2-1-10-21-18/h3-8,12,20-21H,1-2,9-11,13H2. The van der Waals surface area contributed by atoms with E-state index < -0.39 is 0 Å². The molecule has 3 heteroatoms. The van der Waals surface area contributed by atoms with Gasteiger partial charge >= 0.3 is 0 Å². The summed E-state index contributed by atoms with van der Waals surface area (Å²) in [6.07, 6.45) is 3.51. The van der Waals surface area contributed by atoms with Crippen molar-refractivity contribution in [3.63, 3.8) is 0 Å². The number of fused-ring (bicyclic) bond motifs is 1. The van der Waals surface area contributed by atoms with Gasteiger partial charge in [0.05, 0.1) is 0 Å². The first-order valence-corrected chi connectivity index (χ1v) is 8.00. The Kier molecular flexibility index (Phi) is 4.79. The van der Waals surface area contributed by atoms with Gasteiger partial charge < -0.3 is 10.6 Å². The normalized spacial score (nSPS) is 13.6. The maximum Gasteiger partial charge on any atom is 0.0406 e. The summed E-state index contributed by atoms with van der Waals surface area (Å²) in [7, 11) is 0. The van der Waals surface area contributed by atoms with E-state index in [1.807, 2.05) is 12.1 Å². The first-order valence-electron chi connectivity index (χ1n) is 7.62. The predicted octanol–water partition coefficient (Wildman–Crippen LogP) is 4.03. The van der Waals surface area contributed by atoms with E-state index in [1.54, 1.807) is 0 Å². The Balaban J connectivity index is 1.48. The Morgan fingerprint density at radius 1 is 1.05 bits per heavy atom. The third kappa shape index (κ3) is 3.99. The second kappa shape index (κ2) is 6.97. The summed E-state index contributed by atoms with van der Waals surface area (Å²) in [5.41, 5.74) is 5.48. The van der Waals surface area contributed by atoms with Crippen molar-refractivity contribution in [3.05, 3.63) is 64.2 Å². The van der Waals surface area contributed by atoms with Gasteiger partial charge in [0, 0.05) is 23.8 Å². The number of anilines is 1. The van der Waals surface area contributed by atoms with Gasteiger partial charge in [-0.1, -0.05) is 35.9 Å². The molecule has 2 nitrogen and oxygen atoms in total. The summed E-state index contributed by atoms with van der Waals surface area (Å²) in [5, 5.41) is 7.74. The molecule has 1 aliphatic heterocycles. The molecule has 0 aromatic heterocycles. The molecule has 2 aromatic carbocycles. The van der Waals surface area contributed by atoms with E-state index in [0.29, 0.717) is 0 Å². The second-order valence-corrected chi connectivity index (χ2v) is 6.01. The monoisotopic (exact) mass is 300 g/mol. The van der Waals surface area contributed by atoms with Crippen LogP contribution in [0, 0.1) is 0 Å². The third-order valence-corrected chi connectivity index (χ3v) is 4.19. The Bertz CT molecular complexity index is 593. The molecule has 0 unspecified atom stereocenters.